The minimum absolute atomic E-state index is 0.0687. The van der Waals surface area contributed by atoms with E-state index in [2.05, 4.69) is 31.6 Å². The van der Waals surface area contributed by atoms with Gasteiger partial charge in [-0.25, -0.2) is 8.42 Å². The number of rotatable bonds is 17. The van der Waals surface area contributed by atoms with Crippen LogP contribution in [0.1, 0.15) is 72.6 Å². The van der Waals surface area contributed by atoms with E-state index < -0.39 is 46.0 Å². The minimum atomic E-state index is -3.73. The summed E-state index contributed by atoms with van der Waals surface area (Å²) in [6.45, 7) is 9.57. The van der Waals surface area contributed by atoms with Crippen molar-refractivity contribution in [2.75, 3.05) is 30.7 Å². The summed E-state index contributed by atoms with van der Waals surface area (Å²) < 4.78 is 25.9. The van der Waals surface area contributed by atoms with Gasteiger partial charge in [0, 0.05) is 43.5 Å². The molecule has 4 amide bonds. The Morgan fingerprint density at radius 1 is 0.820 bits per heavy atom. The van der Waals surface area contributed by atoms with E-state index in [1.54, 1.807) is 38.2 Å². The van der Waals surface area contributed by atoms with Crippen molar-refractivity contribution in [1.82, 2.24) is 31.6 Å². The molecule has 14 heteroatoms. The number of sulfonamides is 1. The average molecular weight is 708 g/mol. The summed E-state index contributed by atoms with van der Waals surface area (Å²) in [6.07, 6.45) is 3.05. The third kappa shape index (κ3) is 11.7. The van der Waals surface area contributed by atoms with Crippen LogP contribution >= 0.6 is 0 Å². The molecule has 270 valence electrons. The number of nitrogens with one attached hydrogen (secondary N) is 5. The van der Waals surface area contributed by atoms with Gasteiger partial charge >= 0.3 is 0 Å². The Bertz CT molecular complexity index is 1720. The molecule has 4 atom stereocenters. The zero-order valence-electron chi connectivity index (χ0n) is 29.7. The van der Waals surface area contributed by atoms with Crippen LogP contribution in [-0.4, -0.2) is 81.5 Å². The first-order valence-electron chi connectivity index (χ1n) is 16.6. The van der Waals surface area contributed by atoms with Crippen LogP contribution in [0.25, 0.3) is 0 Å². The second kappa shape index (κ2) is 18.3. The van der Waals surface area contributed by atoms with Crippen LogP contribution in [0, 0.1) is 5.92 Å². The molecule has 0 fully saturated rings. The van der Waals surface area contributed by atoms with E-state index in [0.29, 0.717) is 18.7 Å². The van der Waals surface area contributed by atoms with Crippen molar-refractivity contribution in [3.05, 3.63) is 95.3 Å². The molecule has 0 aliphatic heterocycles. The van der Waals surface area contributed by atoms with E-state index in [9.17, 15) is 27.6 Å². The second-order valence-corrected chi connectivity index (χ2v) is 14.6. The SMILES string of the molecule is CCNC(=O)[C@@H](NC(=O)[C@H](C)NC[C@H](Cc1ccccc1)NC(=O)c1cc(C(=O)NC(C)c2ccccn2)cc(N(C)S(C)(=O)=O)c1)C(C)C. The van der Waals surface area contributed by atoms with E-state index in [-0.39, 0.29) is 41.1 Å². The molecule has 0 bridgehead atoms. The lowest BCUT2D eigenvalue weighted by Crippen LogP contribution is -2.55. The third-order valence-electron chi connectivity index (χ3n) is 8.10. The summed E-state index contributed by atoms with van der Waals surface area (Å²) in [5.74, 6) is -1.83. The van der Waals surface area contributed by atoms with Crippen molar-refractivity contribution < 1.29 is 27.6 Å². The lowest BCUT2D eigenvalue weighted by molar-refractivity contribution is -0.130. The second-order valence-electron chi connectivity index (χ2n) is 12.6. The maximum absolute atomic E-state index is 13.9. The number of carbonyl (C=O) groups is 4. The predicted octanol–water partition coefficient (Wildman–Crippen LogP) is 2.56. The normalized spacial score (nSPS) is 13.8. The van der Waals surface area contributed by atoms with E-state index in [0.717, 1.165) is 16.1 Å². The van der Waals surface area contributed by atoms with Crippen LogP contribution in [0.15, 0.2) is 72.9 Å². The number of aromatic nitrogens is 1. The first-order chi connectivity index (χ1) is 23.6. The zero-order chi connectivity index (χ0) is 37.0. The highest BCUT2D eigenvalue weighted by atomic mass is 32.2. The van der Waals surface area contributed by atoms with Crippen molar-refractivity contribution in [3.63, 3.8) is 0 Å². The Kier molecular flexibility index (Phi) is 14.5. The first-order valence-corrected chi connectivity index (χ1v) is 18.4. The van der Waals surface area contributed by atoms with Gasteiger partial charge in [-0.1, -0.05) is 50.2 Å². The van der Waals surface area contributed by atoms with E-state index in [4.69, 9.17) is 0 Å². The van der Waals surface area contributed by atoms with Gasteiger partial charge in [-0.15, -0.1) is 0 Å². The van der Waals surface area contributed by atoms with Gasteiger partial charge in [0.05, 0.1) is 29.7 Å². The van der Waals surface area contributed by atoms with Gasteiger partial charge < -0.3 is 26.6 Å². The van der Waals surface area contributed by atoms with E-state index in [1.807, 2.05) is 51.1 Å². The maximum atomic E-state index is 13.9. The van der Waals surface area contributed by atoms with Gasteiger partial charge in [0.2, 0.25) is 21.8 Å². The largest absolute Gasteiger partial charge is 0.355 e. The van der Waals surface area contributed by atoms with Crippen LogP contribution in [0.5, 0.6) is 0 Å². The van der Waals surface area contributed by atoms with Gasteiger partial charge in [0.1, 0.15) is 6.04 Å². The number of hydrogen-bond donors (Lipinski definition) is 5. The Balaban J connectivity index is 1.86. The molecule has 0 aliphatic carbocycles. The standard InChI is InChI=1S/C36H49N7O6S/c1-8-37-36(47)32(23(2)3)42-33(44)25(5)39-22-29(18-26-14-10-9-11-15-26)41-35(46)28-19-27(20-30(21-28)43(6)50(7,48)49)34(45)40-24(4)31-16-12-13-17-38-31/h9-17,19-21,23-25,29,32,39H,8,18,22H2,1-7H3,(H,37,47)(H,40,45)(H,41,46)(H,42,44)/t24?,25-,29-,32-/m0/s1. The summed E-state index contributed by atoms with van der Waals surface area (Å²) >= 11 is 0. The first kappa shape index (κ1) is 39.6. The number of nitrogens with zero attached hydrogens (tertiary/aromatic N) is 2. The van der Waals surface area contributed by atoms with Crippen LogP contribution < -0.4 is 30.9 Å². The van der Waals surface area contributed by atoms with Gasteiger partial charge in [-0.2, -0.15) is 0 Å². The molecule has 13 nitrogen and oxygen atoms in total. The molecule has 1 unspecified atom stereocenters. The van der Waals surface area contributed by atoms with Crippen LogP contribution in [0.2, 0.25) is 0 Å². The molecular formula is C36H49N7O6S. The summed E-state index contributed by atoms with van der Waals surface area (Å²) in [5.41, 5.74) is 1.85. The molecule has 2 aromatic carbocycles. The van der Waals surface area contributed by atoms with Crippen molar-refractivity contribution in [2.24, 2.45) is 5.92 Å². The Hall–Kier alpha value is -4.82. The molecule has 1 aromatic heterocycles. The number of benzene rings is 2. The molecule has 0 radical (unpaired) electrons. The fourth-order valence-corrected chi connectivity index (χ4v) is 5.57. The monoisotopic (exact) mass is 707 g/mol. The predicted molar refractivity (Wildman–Crippen MR) is 194 cm³/mol. The maximum Gasteiger partial charge on any atom is 0.251 e. The highest BCUT2D eigenvalue weighted by Gasteiger charge is 2.27. The lowest BCUT2D eigenvalue weighted by Gasteiger charge is -2.25. The molecule has 5 N–H and O–H groups in total. The lowest BCUT2D eigenvalue weighted by atomic mass is 10.0. The summed E-state index contributed by atoms with van der Waals surface area (Å²) in [5, 5.41) is 14.6. The molecule has 0 aliphatic rings. The fraction of sp³-hybridized carbons (Fsp3) is 0.417. The van der Waals surface area contributed by atoms with Crippen LogP contribution in [-0.2, 0) is 26.0 Å². The number of amides is 4. The van der Waals surface area contributed by atoms with Crippen molar-refractivity contribution in [2.45, 2.75) is 65.2 Å². The average Bonchev–Trinajstić information content (AvgIpc) is 3.08. The molecule has 3 aromatic rings. The van der Waals surface area contributed by atoms with Crippen molar-refractivity contribution >= 4 is 39.3 Å². The Labute approximate surface area is 295 Å². The quantitative estimate of drug-likeness (QED) is 0.142. The van der Waals surface area contributed by atoms with Gasteiger partial charge in [-0.3, -0.25) is 28.5 Å². The third-order valence-corrected chi connectivity index (χ3v) is 9.31. The minimum Gasteiger partial charge on any atom is -0.355 e. The van der Waals surface area contributed by atoms with Gasteiger partial charge in [-0.05, 0) is 69.0 Å². The topological polar surface area (TPSA) is 179 Å². The van der Waals surface area contributed by atoms with E-state index in [1.165, 1.54) is 25.2 Å². The van der Waals surface area contributed by atoms with Gasteiger partial charge in [0.25, 0.3) is 11.8 Å². The Morgan fingerprint density at radius 3 is 2.00 bits per heavy atom. The number of anilines is 1. The van der Waals surface area contributed by atoms with E-state index >= 15 is 0 Å². The molecular weight excluding hydrogens is 659 g/mol. The highest BCUT2D eigenvalue weighted by molar-refractivity contribution is 7.92. The Morgan fingerprint density at radius 2 is 1.44 bits per heavy atom. The molecule has 0 spiro atoms. The van der Waals surface area contributed by atoms with Crippen molar-refractivity contribution in [1.29, 1.82) is 0 Å². The molecule has 3 rings (SSSR count). The smallest absolute Gasteiger partial charge is 0.251 e. The van der Waals surface area contributed by atoms with Crippen molar-refractivity contribution in [3.8, 4) is 0 Å². The summed E-state index contributed by atoms with van der Waals surface area (Å²) in [6, 6.07) is 16.6. The van der Waals surface area contributed by atoms with Gasteiger partial charge in [0.15, 0.2) is 0 Å². The number of carbonyl (C=O) groups excluding carboxylic acids is 4. The number of hydrogen-bond acceptors (Lipinski definition) is 8. The zero-order valence-corrected chi connectivity index (χ0v) is 30.5. The molecule has 0 saturated heterocycles. The molecule has 1 heterocycles. The summed E-state index contributed by atoms with van der Waals surface area (Å²) in [7, 11) is -2.39. The number of pyridine rings is 1. The molecule has 0 saturated carbocycles. The number of likely N-dealkylation sites (N-methyl/N-ethyl adjacent to an activating group) is 1. The summed E-state index contributed by atoms with van der Waals surface area (Å²) in [4.78, 5) is 57.2. The highest BCUT2D eigenvalue weighted by Crippen LogP contribution is 2.22. The van der Waals surface area contributed by atoms with Crippen LogP contribution in [0.4, 0.5) is 5.69 Å². The molecule has 50 heavy (non-hydrogen) atoms. The fourth-order valence-electron chi connectivity index (χ4n) is 5.08. The van der Waals surface area contributed by atoms with Crippen LogP contribution in [0.3, 0.4) is 0 Å².